The Kier molecular flexibility index (Phi) is 5.50. The van der Waals surface area contributed by atoms with Crippen LogP contribution < -0.4 is 0 Å². The second-order valence-electron chi connectivity index (χ2n) is 6.43. The second-order valence-corrected chi connectivity index (χ2v) is 10.5. The van der Waals surface area contributed by atoms with Gasteiger partial charge in [-0.1, -0.05) is 59.4 Å². The van der Waals surface area contributed by atoms with E-state index in [1.807, 2.05) is 6.92 Å². The van der Waals surface area contributed by atoms with Crippen LogP contribution in [-0.4, -0.2) is 24.2 Å². The van der Waals surface area contributed by atoms with E-state index in [9.17, 15) is 12.6 Å². The lowest BCUT2D eigenvalue weighted by Crippen LogP contribution is -2.14. The zero-order chi connectivity index (χ0) is 18.8. The molecule has 5 nitrogen and oxygen atoms in total. The second kappa shape index (κ2) is 7.50. The number of nitrogens with zero attached hydrogens (tertiary/aromatic N) is 1. The highest BCUT2D eigenvalue weighted by atomic mass is 32.3. The zero-order valence-electron chi connectivity index (χ0n) is 14.9. The van der Waals surface area contributed by atoms with Crippen LogP contribution >= 0.6 is 0 Å². The summed E-state index contributed by atoms with van der Waals surface area (Å²) in [4.78, 5) is 0.428. The summed E-state index contributed by atoms with van der Waals surface area (Å²) < 4.78 is 48.8. The number of unbranched alkanes of at least 4 members (excludes halogenated alkanes) is 1. The largest absolute Gasteiger partial charge is 0.354 e. The van der Waals surface area contributed by atoms with E-state index in [1.165, 1.54) is 12.1 Å². The number of sulfonamides is 1. The number of benzene rings is 2. The maximum absolute atomic E-state index is 13.7. The van der Waals surface area contributed by atoms with Gasteiger partial charge in [0.25, 0.3) is 10.0 Å². The van der Waals surface area contributed by atoms with Crippen molar-refractivity contribution in [3.8, 4) is 0 Å². The van der Waals surface area contributed by atoms with Gasteiger partial charge >= 0.3 is 0 Å². The molecule has 0 aliphatic carbocycles. The number of rotatable bonds is 7. The molecule has 3 rings (SSSR count). The third-order valence-corrected chi connectivity index (χ3v) is 8.83. The van der Waals surface area contributed by atoms with E-state index in [2.05, 4.69) is 10.7 Å². The highest BCUT2D eigenvalue weighted by molar-refractivity contribution is 8.03. The molecule has 0 spiro atoms. The van der Waals surface area contributed by atoms with Crippen molar-refractivity contribution in [1.29, 1.82) is 0 Å². The molecule has 0 bridgehead atoms. The molecule has 0 saturated carbocycles. The van der Waals surface area contributed by atoms with Crippen LogP contribution in [0, 0.1) is 6.92 Å². The van der Waals surface area contributed by atoms with Crippen LogP contribution in [-0.2, 0) is 24.5 Å². The first-order chi connectivity index (χ1) is 12.4. The molecule has 1 aliphatic heterocycles. The highest BCUT2D eigenvalue weighted by Gasteiger charge is 2.48. The van der Waals surface area contributed by atoms with E-state index >= 15 is 0 Å². The van der Waals surface area contributed by atoms with Crippen molar-refractivity contribution < 1.29 is 17.4 Å². The summed E-state index contributed by atoms with van der Waals surface area (Å²) in [6, 6.07) is 14.9. The molecule has 0 unspecified atom stereocenters. The van der Waals surface area contributed by atoms with E-state index in [4.69, 9.17) is 4.74 Å². The molecule has 0 aromatic heterocycles. The van der Waals surface area contributed by atoms with E-state index in [1.54, 1.807) is 42.5 Å². The summed E-state index contributed by atoms with van der Waals surface area (Å²) in [5, 5.41) is 0. The van der Waals surface area contributed by atoms with Gasteiger partial charge < -0.3 is 4.74 Å². The van der Waals surface area contributed by atoms with Crippen LogP contribution in [0.2, 0.25) is 0 Å². The molecule has 3 atom stereocenters. The van der Waals surface area contributed by atoms with Gasteiger partial charge in [0.2, 0.25) is 0 Å². The number of hydrogen-bond donors (Lipinski definition) is 0. The molecule has 1 saturated heterocycles. The Bertz CT molecular complexity index is 976. The summed E-state index contributed by atoms with van der Waals surface area (Å²) in [7, 11) is -7.32. The minimum Gasteiger partial charge on any atom is -0.354 e. The Labute approximate surface area is 155 Å². The molecule has 1 fully saturated rings. The number of ether oxygens (including phenoxy) is 1. The third kappa shape index (κ3) is 4.00. The normalized spacial score (nSPS) is 21.8. The van der Waals surface area contributed by atoms with E-state index < -0.39 is 25.2 Å². The van der Waals surface area contributed by atoms with Crippen molar-refractivity contribution in [2.45, 2.75) is 54.4 Å². The molecule has 26 heavy (non-hydrogen) atoms. The molecule has 0 amide bonds. The molecule has 1 heterocycles. The minimum atomic E-state index is -4.06. The van der Waals surface area contributed by atoms with Crippen LogP contribution in [0.25, 0.3) is 0 Å². The van der Waals surface area contributed by atoms with E-state index in [0.29, 0.717) is 4.90 Å². The van der Waals surface area contributed by atoms with Gasteiger partial charge in [0.05, 0.1) is 15.9 Å². The predicted octanol–water partition coefficient (Wildman–Crippen LogP) is 4.13. The Hall–Kier alpha value is -1.70. The predicted molar refractivity (Wildman–Crippen MR) is 102 cm³/mol. The maximum Gasteiger partial charge on any atom is 0.290 e. The summed E-state index contributed by atoms with van der Waals surface area (Å²) in [6.45, 7) is 3.94. The van der Waals surface area contributed by atoms with Gasteiger partial charge in [-0.2, -0.15) is 8.42 Å². The molecule has 140 valence electrons. The van der Waals surface area contributed by atoms with Gasteiger partial charge in [-0.3, -0.25) is 0 Å². The van der Waals surface area contributed by atoms with Crippen LogP contribution in [0.5, 0.6) is 0 Å². The number of aryl methyl sites for hydroxylation is 1. The average Bonchev–Trinajstić information content (AvgIpc) is 3.41. The maximum atomic E-state index is 13.7. The van der Waals surface area contributed by atoms with Crippen molar-refractivity contribution >= 4 is 19.8 Å². The Morgan fingerprint density at radius 1 is 0.962 bits per heavy atom. The van der Waals surface area contributed by atoms with Crippen molar-refractivity contribution in [3.63, 3.8) is 0 Å². The molecule has 2 aromatic rings. The quantitative estimate of drug-likeness (QED) is 0.663. The Morgan fingerprint density at radius 3 is 2.23 bits per heavy atom. The average molecular weight is 394 g/mol. The van der Waals surface area contributed by atoms with Crippen LogP contribution in [0.4, 0.5) is 0 Å². The number of epoxide rings is 1. The van der Waals surface area contributed by atoms with Crippen molar-refractivity contribution in [2.24, 2.45) is 3.77 Å². The van der Waals surface area contributed by atoms with Crippen LogP contribution in [0.3, 0.4) is 0 Å². The summed E-state index contributed by atoms with van der Waals surface area (Å²) in [5.41, 5.74) is 0.259. The molecular weight excluding hydrogens is 370 g/mol. The fourth-order valence-electron chi connectivity index (χ4n) is 2.75. The first-order valence-electron chi connectivity index (χ1n) is 8.66. The molecule has 0 radical (unpaired) electrons. The van der Waals surface area contributed by atoms with Gasteiger partial charge in [0.15, 0.2) is 5.44 Å². The minimum absolute atomic E-state index is 0.0394. The Balaban J connectivity index is 2.05. The molecule has 1 aliphatic rings. The van der Waals surface area contributed by atoms with Crippen LogP contribution in [0.15, 0.2) is 68.2 Å². The van der Waals surface area contributed by atoms with Crippen molar-refractivity contribution in [2.75, 3.05) is 0 Å². The number of hydrogen-bond acceptors (Lipinski definition) is 4. The third-order valence-electron chi connectivity index (χ3n) is 4.30. The van der Waals surface area contributed by atoms with Gasteiger partial charge in [-0.15, -0.1) is 0 Å². The zero-order valence-corrected chi connectivity index (χ0v) is 16.5. The first kappa shape index (κ1) is 19.1. The topological polar surface area (TPSA) is 76.1 Å². The fourth-order valence-corrected chi connectivity index (χ4v) is 7.08. The molecular formula is C19H23NO4S2. The first-order valence-corrected chi connectivity index (χ1v) is 11.7. The lowest BCUT2D eigenvalue weighted by Gasteiger charge is -2.09. The molecule has 2 aromatic carbocycles. The standard InChI is InChI=1S/C19H23NO4S2/c1-3-4-10-18-19(24-18)25(21,16-8-6-5-7-9-16)20-26(22,23)17-13-11-15(2)12-14-17/h5-9,11-14,18-19H,3-4,10H2,1-2H3/t18-,19-,25-/m1/s1. The molecule has 0 N–H and O–H groups in total. The molecule has 7 heteroatoms. The lowest BCUT2D eigenvalue weighted by molar-refractivity contribution is 0.382. The highest BCUT2D eigenvalue weighted by Crippen LogP contribution is 2.38. The Morgan fingerprint density at radius 2 is 1.62 bits per heavy atom. The van der Waals surface area contributed by atoms with Crippen LogP contribution in [0.1, 0.15) is 31.7 Å². The monoisotopic (exact) mass is 393 g/mol. The van der Waals surface area contributed by atoms with Gasteiger partial charge in [-0.25, -0.2) is 4.21 Å². The fraction of sp³-hybridized carbons (Fsp3) is 0.368. The van der Waals surface area contributed by atoms with Gasteiger partial charge in [-0.05, 0) is 37.6 Å². The van der Waals surface area contributed by atoms with Crippen molar-refractivity contribution in [3.05, 3.63) is 60.2 Å². The lowest BCUT2D eigenvalue weighted by atomic mass is 10.2. The van der Waals surface area contributed by atoms with Gasteiger partial charge in [0.1, 0.15) is 9.73 Å². The van der Waals surface area contributed by atoms with Crippen molar-refractivity contribution in [1.82, 2.24) is 0 Å². The van der Waals surface area contributed by atoms with E-state index in [-0.39, 0.29) is 11.0 Å². The summed E-state index contributed by atoms with van der Waals surface area (Å²) in [6.07, 6.45) is 2.48. The SMILES string of the molecule is CCCC[C@H]1O[C@@H]1[S@@](=O)(=NS(=O)(=O)c1ccc(C)cc1)c1ccccc1. The summed E-state index contributed by atoms with van der Waals surface area (Å²) >= 11 is 0. The summed E-state index contributed by atoms with van der Waals surface area (Å²) in [5.74, 6) is 0. The van der Waals surface area contributed by atoms with E-state index in [0.717, 1.165) is 24.8 Å². The van der Waals surface area contributed by atoms with Gasteiger partial charge in [0, 0.05) is 0 Å². The smallest absolute Gasteiger partial charge is 0.290 e.